The first-order valence-corrected chi connectivity index (χ1v) is 6.55. The van der Waals surface area contributed by atoms with Gasteiger partial charge in [-0.3, -0.25) is 4.79 Å². The average molecular weight is 276 g/mol. The molecule has 106 valence electrons. The maximum atomic E-state index is 13.2. The van der Waals surface area contributed by atoms with Gasteiger partial charge >= 0.3 is 0 Å². The third kappa shape index (κ3) is 3.23. The zero-order chi connectivity index (χ0) is 14.7. The second-order valence-corrected chi connectivity index (χ2v) is 5.15. The first-order chi connectivity index (χ1) is 9.47. The molecule has 0 radical (unpaired) electrons. The van der Waals surface area contributed by atoms with Gasteiger partial charge in [0, 0.05) is 6.42 Å². The smallest absolute Gasteiger partial charge is 0.262 e. The van der Waals surface area contributed by atoms with Crippen LogP contribution in [-0.2, 0) is 6.42 Å². The van der Waals surface area contributed by atoms with Crippen LogP contribution in [0.2, 0.25) is 0 Å². The van der Waals surface area contributed by atoms with E-state index in [9.17, 15) is 14.3 Å². The van der Waals surface area contributed by atoms with Crippen molar-refractivity contribution in [2.45, 2.75) is 26.7 Å². The fraction of sp³-hybridized carbons (Fsp3) is 0.333. The molecule has 0 aliphatic rings. The van der Waals surface area contributed by atoms with Gasteiger partial charge in [-0.25, -0.2) is 4.39 Å². The Bertz CT molecular complexity index is 665. The first-order valence-electron chi connectivity index (χ1n) is 6.55. The van der Waals surface area contributed by atoms with Gasteiger partial charge in [-0.1, -0.05) is 26.0 Å². The van der Waals surface area contributed by atoms with E-state index in [1.54, 1.807) is 6.07 Å². The topological polar surface area (TPSA) is 66.0 Å². The molecule has 5 heteroatoms. The van der Waals surface area contributed by atoms with E-state index < -0.39 is 11.4 Å². The number of hydrogen-bond donors (Lipinski definition) is 2. The Hall–Kier alpha value is -2.17. The van der Waals surface area contributed by atoms with E-state index in [2.05, 4.69) is 23.8 Å². The summed E-state index contributed by atoms with van der Waals surface area (Å²) in [6.45, 7) is 4.14. The lowest BCUT2D eigenvalue weighted by Crippen LogP contribution is -2.14. The SMILES string of the molecule is CC(C)CCc1nc(O)c(-c2cccc(F)c2)c(=O)[nH]1. The number of aryl methyl sites for hydroxylation is 1. The number of aromatic amines is 1. The number of hydrogen-bond acceptors (Lipinski definition) is 3. The molecule has 0 saturated carbocycles. The fourth-order valence-corrected chi connectivity index (χ4v) is 1.95. The number of rotatable bonds is 4. The van der Waals surface area contributed by atoms with Crippen LogP contribution in [0.5, 0.6) is 5.88 Å². The molecule has 0 spiro atoms. The van der Waals surface area contributed by atoms with Crippen molar-refractivity contribution in [2.75, 3.05) is 0 Å². The van der Waals surface area contributed by atoms with Crippen LogP contribution in [-0.4, -0.2) is 15.1 Å². The molecular weight excluding hydrogens is 259 g/mol. The molecule has 2 N–H and O–H groups in total. The van der Waals surface area contributed by atoms with Gasteiger partial charge in [-0.2, -0.15) is 4.98 Å². The summed E-state index contributed by atoms with van der Waals surface area (Å²) in [5.74, 6) is 0.0926. The van der Waals surface area contributed by atoms with E-state index in [1.807, 2.05) is 0 Å². The van der Waals surface area contributed by atoms with E-state index in [4.69, 9.17) is 0 Å². The minimum atomic E-state index is -0.467. The molecule has 0 unspecified atom stereocenters. The maximum Gasteiger partial charge on any atom is 0.262 e. The van der Waals surface area contributed by atoms with Gasteiger partial charge in [0.25, 0.3) is 5.56 Å². The zero-order valence-corrected chi connectivity index (χ0v) is 11.5. The minimum absolute atomic E-state index is 0.00204. The van der Waals surface area contributed by atoms with Crippen molar-refractivity contribution in [3.05, 3.63) is 46.3 Å². The average Bonchev–Trinajstić information content (AvgIpc) is 2.35. The number of halogens is 1. The second-order valence-electron chi connectivity index (χ2n) is 5.15. The number of H-pyrrole nitrogens is 1. The fourth-order valence-electron chi connectivity index (χ4n) is 1.95. The lowest BCUT2D eigenvalue weighted by molar-refractivity contribution is 0.447. The zero-order valence-electron chi connectivity index (χ0n) is 11.5. The summed E-state index contributed by atoms with van der Waals surface area (Å²) in [6.07, 6.45) is 1.45. The summed E-state index contributed by atoms with van der Waals surface area (Å²) in [6, 6.07) is 5.51. The number of aromatic nitrogens is 2. The molecule has 0 saturated heterocycles. The highest BCUT2D eigenvalue weighted by Crippen LogP contribution is 2.24. The molecule has 0 atom stereocenters. The van der Waals surface area contributed by atoms with Crippen LogP contribution in [0.4, 0.5) is 4.39 Å². The third-order valence-electron chi connectivity index (χ3n) is 3.02. The van der Waals surface area contributed by atoms with Crippen molar-refractivity contribution >= 4 is 0 Å². The normalized spacial score (nSPS) is 11.0. The third-order valence-corrected chi connectivity index (χ3v) is 3.02. The Labute approximate surface area is 116 Å². The van der Waals surface area contributed by atoms with E-state index >= 15 is 0 Å². The van der Waals surface area contributed by atoms with Crippen molar-refractivity contribution in [3.8, 4) is 17.0 Å². The van der Waals surface area contributed by atoms with Gasteiger partial charge in [-0.05, 0) is 30.0 Å². The Morgan fingerprint density at radius 1 is 1.40 bits per heavy atom. The first kappa shape index (κ1) is 14.2. The molecule has 1 heterocycles. The highest BCUT2D eigenvalue weighted by molar-refractivity contribution is 5.67. The van der Waals surface area contributed by atoms with E-state index in [0.29, 0.717) is 23.7 Å². The van der Waals surface area contributed by atoms with Crippen LogP contribution in [0, 0.1) is 11.7 Å². The van der Waals surface area contributed by atoms with Crippen molar-refractivity contribution in [1.82, 2.24) is 9.97 Å². The molecule has 0 fully saturated rings. The number of aromatic hydroxyl groups is 1. The van der Waals surface area contributed by atoms with Crippen LogP contribution in [0.25, 0.3) is 11.1 Å². The largest absolute Gasteiger partial charge is 0.493 e. The molecule has 0 aliphatic heterocycles. The van der Waals surface area contributed by atoms with Crippen molar-refractivity contribution < 1.29 is 9.50 Å². The predicted molar refractivity (Wildman–Crippen MR) is 75.1 cm³/mol. The molecule has 0 aliphatic carbocycles. The summed E-state index contributed by atoms with van der Waals surface area (Å²) in [4.78, 5) is 18.7. The molecule has 20 heavy (non-hydrogen) atoms. The summed E-state index contributed by atoms with van der Waals surface area (Å²) in [5.41, 5.74) is -0.147. The Balaban J connectivity index is 2.39. The van der Waals surface area contributed by atoms with Crippen LogP contribution in [0.3, 0.4) is 0 Å². The van der Waals surface area contributed by atoms with Gasteiger partial charge in [0.1, 0.15) is 17.2 Å². The summed E-state index contributed by atoms with van der Waals surface area (Å²) >= 11 is 0. The van der Waals surface area contributed by atoms with E-state index in [0.717, 1.165) is 6.42 Å². The van der Waals surface area contributed by atoms with E-state index in [1.165, 1.54) is 18.2 Å². The lowest BCUT2D eigenvalue weighted by atomic mass is 10.1. The van der Waals surface area contributed by atoms with Crippen LogP contribution < -0.4 is 5.56 Å². The maximum absolute atomic E-state index is 13.2. The molecule has 0 bridgehead atoms. The van der Waals surface area contributed by atoms with Crippen molar-refractivity contribution in [3.63, 3.8) is 0 Å². The summed E-state index contributed by atoms with van der Waals surface area (Å²) in [5, 5.41) is 9.93. The van der Waals surface area contributed by atoms with Crippen LogP contribution in [0.15, 0.2) is 29.1 Å². The standard InChI is InChI=1S/C15H17FN2O2/c1-9(2)6-7-12-17-14(19)13(15(20)18-12)10-4-3-5-11(16)8-10/h3-5,8-9H,6-7H2,1-2H3,(H2,17,18,19,20). The number of nitrogens with one attached hydrogen (secondary N) is 1. The van der Waals surface area contributed by atoms with Gasteiger partial charge in [0.05, 0.1) is 0 Å². The molecule has 2 aromatic rings. The highest BCUT2D eigenvalue weighted by atomic mass is 19.1. The van der Waals surface area contributed by atoms with Gasteiger partial charge in [0.2, 0.25) is 5.88 Å². The van der Waals surface area contributed by atoms with E-state index in [-0.39, 0.29) is 11.4 Å². The van der Waals surface area contributed by atoms with Crippen LogP contribution >= 0.6 is 0 Å². The number of benzene rings is 1. The van der Waals surface area contributed by atoms with Gasteiger partial charge < -0.3 is 10.1 Å². The van der Waals surface area contributed by atoms with Crippen molar-refractivity contribution in [1.29, 1.82) is 0 Å². The quantitative estimate of drug-likeness (QED) is 0.902. The molecule has 2 rings (SSSR count). The molecule has 1 aromatic carbocycles. The Kier molecular flexibility index (Phi) is 4.17. The van der Waals surface area contributed by atoms with Crippen molar-refractivity contribution in [2.24, 2.45) is 5.92 Å². The molecule has 0 amide bonds. The van der Waals surface area contributed by atoms with Gasteiger partial charge in [0.15, 0.2) is 0 Å². The molecule has 1 aromatic heterocycles. The monoisotopic (exact) mass is 276 g/mol. The molecule has 4 nitrogen and oxygen atoms in total. The van der Waals surface area contributed by atoms with Gasteiger partial charge in [-0.15, -0.1) is 0 Å². The highest BCUT2D eigenvalue weighted by Gasteiger charge is 2.13. The summed E-state index contributed by atoms with van der Waals surface area (Å²) < 4.78 is 13.2. The number of nitrogens with zero attached hydrogens (tertiary/aromatic N) is 1. The second kappa shape index (κ2) is 5.86. The minimum Gasteiger partial charge on any atom is -0.493 e. The van der Waals surface area contributed by atoms with Crippen LogP contribution in [0.1, 0.15) is 26.1 Å². The molecular formula is C15H17FN2O2. The Morgan fingerprint density at radius 2 is 2.15 bits per heavy atom. The summed E-state index contributed by atoms with van der Waals surface area (Å²) in [7, 11) is 0. The Morgan fingerprint density at radius 3 is 2.75 bits per heavy atom. The predicted octanol–water partition coefficient (Wildman–Crippen LogP) is 2.87. The lowest BCUT2D eigenvalue weighted by Gasteiger charge is -2.07.